The van der Waals surface area contributed by atoms with Crippen LogP contribution < -0.4 is 44.0 Å². The molecule has 24 nitrogen and oxygen atoms in total. The number of nitrogens with one attached hydrogen (secondary N) is 5. The van der Waals surface area contributed by atoms with Gasteiger partial charge in [-0.05, 0) is 57.5 Å². The Morgan fingerprint density at radius 2 is 1.11 bits per heavy atom. The molecule has 25 heteroatoms. The number of aliphatic carboxylic acids is 4. The molecule has 2 aromatic rings. The SMILES string of the molecule is CC(=O)O.CC(=O)O.NCCCC[C@H](NC(=O)[C@H](Cc1cnc[nH]1)N=C([O-])CN)C(=O)O.NCCCC[C@H](NC(=O)[C@H](Cc1cnc[nH]1)NC(=O)CN)C(=O)O.[Cu+2]. The van der Waals surface area contributed by atoms with E-state index in [2.05, 4.69) is 40.9 Å². The molecule has 0 aliphatic carbocycles. The second-order valence-electron chi connectivity index (χ2n) is 11.5. The Hall–Kier alpha value is -5.46. The van der Waals surface area contributed by atoms with Gasteiger partial charge in [0.15, 0.2) is 0 Å². The average Bonchev–Trinajstić information content (AvgIpc) is 3.84. The molecule has 0 spiro atoms. The molecule has 57 heavy (non-hydrogen) atoms. The molecule has 0 aliphatic heterocycles. The van der Waals surface area contributed by atoms with Crippen molar-refractivity contribution in [1.29, 1.82) is 0 Å². The molecule has 4 atom stereocenters. The summed E-state index contributed by atoms with van der Waals surface area (Å²) in [6.45, 7) is 2.47. The summed E-state index contributed by atoms with van der Waals surface area (Å²) in [5, 5.41) is 52.1. The fourth-order valence-electron chi connectivity index (χ4n) is 4.15. The molecular formula is C32H55CuN12O12+. The monoisotopic (exact) mass is 862 g/mol. The number of imidazole rings is 2. The van der Waals surface area contributed by atoms with E-state index >= 15 is 0 Å². The van der Waals surface area contributed by atoms with Gasteiger partial charge in [-0.1, -0.05) is 0 Å². The van der Waals surface area contributed by atoms with Gasteiger partial charge in [0.05, 0.1) is 19.2 Å². The van der Waals surface area contributed by atoms with E-state index in [-0.39, 0.29) is 55.8 Å². The zero-order chi connectivity index (χ0) is 43.1. The van der Waals surface area contributed by atoms with Crippen molar-refractivity contribution in [2.75, 3.05) is 26.2 Å². The number of carboxylic acids is 4. The maximum absolute atomic E-state index is 12.4. The molecule has 0 saturated carbocycles. The number of rotatable bonds is 22. The van der Waals surface area contributed by atoms with Gasteiger partial charge in [-0.2, -0.15) is 0 Å². The fourth-order valence-corrected chi connectivity index (χ4v) is 4.15. The first-order valence-corrected chi connectivity index (χ1v) is 17.1. The van der Waals surface area contributed by atoms with Crippen molar-refractivity contribution >= 4 is 47.5 Å². The topological polar surface area (TPSA) is 433 Å². The van der Waals surface area contributed by atoms with Gasteiger partial charge in [0.1, 0.15) is 24.2 Å². The minimum Gasteiger partial charge on any atom is -0.861 e. The summed E-state index contributed by atoms with van der Waals surface area (Å²) >= 11 is 0. The molecule has 2 heterocycles. The normalized spacial score (nSPS) is 12.4. The number of hydrogen-bond acceptors (Lipinski definition) is 15. The number of aromatic amines is 2. The molecule has 0 unspecified atom stereocenters. The molecule has 0 aromatic carbocycles. The van der Waals surface area contributed by atoms with Crippen LogP contribution >= 0.6 is 0 Å². The van der Waals surface area contributed by atoms with Crippen molar-refractivity contribution in [3.05, 3.63) is 36.4 Å². The van der Waals surface area contributed by atoms with Crippen LogP contribution in [0.5, 0.6) is 0 Å². The van der Waals surface area contributed by atoms with Gasteiger partial charge in [0.2, 0.25) is 17.7 Å². The van der Waals surface area contributed by atoms with E-state index in [1.165, 1.54) is 25.0 Å². The Labute approximate surface area is 338 Å². The molecule has 17 N–H and O–H groups in total. The summed E-state index contributed by atoms with van der Waals surface area (Å²) in [4.78, 5) is 93.8. The van der Waals surface area contributed by atoms with Crippen molar-refractivity contribution in [3.63, 3.8) is 0 Å². The van der Waals surface area contributed by atoms with Crippen LogP contribution in [0.3, 0.4) is 0 Å². The number of carbonyl (C=O) groups excluding carboxylic acids is 3. The third kappa shape index (κ3) is 30.4. The Morgan fingerprint density at radius 1 is 0.684 bits per heavy atom. The number of carbonyl (C=O) groups is 7. The third-order valence-electron chi connectivity index (χ3n) is 6.68. The Kier molecular flexibility index (Phi) is 33.2. The predicted molar refractivity (Wildman–Crippen MR) is 197 cm³/mol. The molecule has 3 amide bonds. The Bertz CT molecular complexity index is 1460. The molecule has 2 aromatic heterocycles. The summed E-state index contributed by atoms with van der Waals surface area (Å²) in [7, 11) is 0. The molecule has 0 bridgehead atoms. The van der Waals surface area contributed by atoms with Crippen LogP contribution in [0.25, 0.3) is 0 Å². The van der Waals surface area contributed by atoms with Crippen molar-refractivity contribution in [2.45, 2.75) is 89.4 Å². The second-order valence-corrected chi connectivity index (χ2v) is 11.5. The fraction of sp³-hybridized carbons (Fsp3) is 0.562. The molecular weight excluding hydrogens is 808 g/mol. The van der Waals surface area contributed by atoms with Gasteiger partial charge in [0.25, 0.3) is 11.9 Å². The van der Waals surface area contributed by atoms with Gasteiger partial charge < -0.3 is 74.4 Å². The molecule has 0 aliphatic rings. The maximum Gasteiger partial charge on any atom is 2.00 e. The van der Waals surface area contributed by atoms with Crippen LogP contribution in [0.1, 0.15) is 63.8 Å². The quantitative estimate of drug-likeness (QED) is 0.0232. The minimum absolute atomic E-state index is 0. The van der Waals surface area contributed by atoms with E-state index in [1.54, 1.807) is 0 Å². The summed E-state index contributed by atoms with van der Waals surface area (Å²) in [6.07, 6.45) is 9.12. The first-order valence-electron chi connectivity index (χ1n) is 17.1. The van der Waals surface area contributed by atoms with Crippen LogP contribution in [-0.2, 0) is 63.5 Å². The van der Waals surface area contributed by atoms with Crippen LogP contribution in [0.4, 0.5) is 0 Å². The van der Waals surface area contributed by atoms with Gasteiger partial charge >= 0.3 is 29.0 Å². The van der Waals surface area contributed by atoms with E-state index in [0.717, 1.165) is 13.8 Å². The standard InChI is InChI=1S/2C14H24N6O4.2C2H4O2.Cu/c2*15-4-2-1-3-10(14(23)24)20-13(22)11(19-12(21)6-16)5-9-7-17-8-18-9;2*1-2(3)4;/h2*7-8,10-11H,1-6,15-16H2,(H,17,18)(H,19,21)(H,20,22)(H,23,24);2*1H3,(H,3,4);/q;;;;+2/p-1/t2*10-,11-;;;/m00.../s1. The molecule has 0 saturated heterocycles. The zero-order valence-corrected chi connectivity index (χ0v) is 32.6. The van der Waals surface area contributed by atoms with Crippen molar-refractivity contribution in [3.8, 4) is 0 Å². The molecule has 2 rings (SSSR count). The number of amides is 3. The first-order chi connectivity index (χ1) is 26.4. The van der Waals surface area contributed by atoms with Gasteiger partial charge in [-0.15, -0.1) is 0 Å². The van der Waals surface area contributed by atoms with E-state index in [4.69, 9.17) is 42.7 Å². The van der Waals surface area contributed by atoms with E-state index in [0.29, 0.717) is 50.2 Å². The predicted octanol–water partition coefficient (Wildman–Crippen LogP) is -3.99. The average molecular weight is 863 g/mol. The Balaban J connectivity index is -0.000000847. The second kappa shape index (κ2) is 33.8. The summed E-state index contributed by atoms with van der Waals surface area (Å²) in [5.41, 5.74) is 22.5. The first kappa shape index (κ1) is 55.9. The molecule has 325 valence electrons. The number of nitrogens with two attached hydrogens (primary N) is 4. The smallest absolute Gasteiger partial charge is 0.861 e. The molecule has 0 fully saturated rings. The van der Waals surface area contributed by atoms with Crippen molar-refractivity contribution in [1.82, 2.24) is 35.9 Å². The third-order valence-corrected chi connectivity index (χ3v) is 6.68. The van der Waals surface area contributed by atoms with E-state index < -0.39 is 71.7 Å². The van der Waals surface area contributed by atoms with Gasteiger partial charge in [-0.3, -0.25) is 29.0 Å². The number of unbranched alkanes of at least 4 members (excludes halogenated alkanes) is 2. The van der Waals surface area contributed by atoms with Gasteiger partial charge in [0, 0.05) is 57.0 Å². The molecule has 1 radical (unpaired) electrons. The van der Waals surface area contributed by atoms with E-state index in [9.17, 15) is 39.3 Å². The zero-order valence-electron chi connectivity index (χ0n) is 31.6. The number of H-pyrrole nitrogens is 2. The number of nitrogens with zero attached hydrogens (tertiary/aromatic N) is 3. The van der Waals surface area contributed by atoms with Crippen LogP contribution in [0.15, 0.2) is 30.0 Å². The van der Waals surface area contributed by atoms with Crippen LogP contribution in [-0.4, -0.2) is 138 Å². The number of aromatic nitrogens is 4. The number of carboxylic acid groups (broad SMARTS) is 4. The maximum atomic E-state index is 12.4. The summed E-state index contributed by atoms with van der Waals surface area (Å²) < 4.78 is 0. The van der Waals surface area contributed by atoms with Crippen LogP contribution in [0, 0.1) is 0 Å². The summed E-state index contributed by atoms with van der Waals surface area (Å²) in [5.74, 6) is -6.33. The minimum atomic E-state index is -1.15. The summed E-state index contributed by atoms with van der Waals surface area (Å²) in [6, 6.07) is -4.12. The van der Waals surface area contributed by atoms with Crippen molar-refractivity contribution in [2.24, 2.45) is 27.9 Å². The number of aliphatic imine (C=N–C) groups is 1. The van der Waals surface area contributed by atoms with Crippen LogP contribution in [0.2, 0.25) is 0 Å². The van der Waals surface area contributed by atoms with Crippen molar-refractivity contribution < 1.29 is 76.2 Å². The van der Waals surface area contributed by atoms with E-state index in [1.807, 2.05) is 0 Å². The Morgan fingerprint density at radius 3 is 1.46 bits per heavy atom. The number of hydrogen-bond donors (Lipinski definition) is 13. The largest absolute Gasteiger partial charge is 2.00 e. The van der Waals surface area contributed by atoms with Gasteiger partial charge in [-0.25, -0.2) is 19.6 Å².